The summed E-state index contributed by atoms with van der Waals surface area (Å²) in [6.07, 6.45) is 1.20. The third-order valence-corrected chi connectivity index (χ3v) is 2.83. The van der Waals surface area contributed by atoms with Crippen LogP contribution in [0.5, 0.6) is 0 Å². The Kier molecular flexibility index (Phi) is 3.75. The number of carbonyl (C=O) groups excluding carboxylic acids is 1. The molecule has 98 valence electrons. The predicted molar refractivity (Wildman–Crippen MR) is 70.7 cm³/mol. The first-order chi connectivity index (χ1) is 8.99. The summed E-state index contributed by atoms with van der Waals surface area (Å²) in [6, 6.07) is 5.19. The van der Waals surface area contributed by atoms with Gasteiger partial charge in [0.05, 0.1) is 11.3 Å². The Morgan fingerprint density at radius 2 is 2.05 bits per heavy atom. The van der Waals surface area contributed by atoms with Gasteiger partial charge in [0.1, 0.15) is 5.82 Å². The number of aromatic nitrogens is 1. The molecule has 0 fully saturated rings. The molecule has 0 aliphatic carbocycles. The Labute approximate surface area is 115 Å². The van der Waals surface area contributed by atoms with Crippen molar-refractivity contribution >= 4 is 33.3 Å². The normalized spacial score (nSPS) is 10.3. The van der Waals surface area contributed by atoms with Crippen LogP contribution in [0.25, 0.3) is 0 Å². The van der Waals surface area contributed by atoms with Gasteiger partial charge in [0.15, 0.2) is 11.6 Å². The molecule has 0 atom stereocenters. The Balaban J connectivity index is 2.31. The molecule has 1 heterocycles. The minimum atomic E-state index is -0.935. The van der Waals surface area contributed by atoms with E-state index in [-0.39, 0.29) is 17.1 Å². The van der Waals surface area contributed by atoms with E-state index in [0.29, 0.717) is 4.47 Å². The summed E-state index contributed by atoms with van der Waals surface area (Å²) in [4.78, 5) is 15.3. The van der Waals surface area contributed by atoms with Gasteiger partial charge < -0.3 is 11.1 Å². The van der Waals surface area contributed by atoms with Crippen molar-refractivity contribution < 1.29 is 13.6 Å². The quantitative estimate of drug-likeness (QED) is 0.891. The summed E-state index contributed by atoms with van der Waals surface area (Å²) < 4.78 is 27.6. The van der Waals surface area contributed by atoms with Crippen LogP contribution in [-0.2, 0) is 0 Å². The van der Waals surface area contributed by atoms with Crippen molar-refractivity contribution in [3.8, 4) is 0 Å². The smallest absolute Gasteiger partial charge is 0.258 e. The van der Waals surface area contributed by atoms with Crippen molar-refractivity contribution in [3.63, 3.8) is 0 Å². The van der Waals surface area contributed by atoms with Crippen LogP contribution in [0.15, 0.2) is 34.9 Å². The second-order valence-corrected chi connectivity index (χ2v) is 4.55. The fourth-order valence-corrected chi connectivity index (χ4v) is 1.78. The summed E-state index contributed by atoms with van der Waals surface area (Å²) >= 11 is 3.15. The third-order valence-electron chi connectivity index (χ3n) is 2.34. The molecule has 0 radical (unpaired) electrons. The van der Waals surface area contributed by atoms with Crippen LogP contribution in [0.4, 0.5) is 20.3 Å². The second kappa shape index (κ2) is 5.31. The summed E-state index contributed by atoms with van der Waals surface area (Å²) in [5, 5.41) is 2.27. The van der Waals surface area contributed by atoms with Crippen LogP contribution in [-0.4, -0.2) is 10.9 Å². The largest absolute Gasteiger partial charge is 0.381 e. The second-order valence-electron chi connectivity index (χ2n) is 3.64. The maximum atomic E-state index is 13.6. The number of carbonyl (C=O) groups is 1. The van der Waals surface area contributed by atoms with Gasteiger partial charge in [-0.3, -0.25) is 4.79 Å². The van der Waals surface area contributed by atoms with Crippen LogP contribution in [0, 0.1) is 11.6 Å². The molecule has 1 aromatic heterocycles. The predicted octanol–water partition coefficient (Wildman–Crippen LogP) is 2.96. The summed E-state index contributed by atoms with van der Waals surface area (Å²) in [7, 11) is 0. The van der Waals surface area contributed by atoms with Gasteiger partial charge in [-0.1, -0.05) is 15.9 Å². The minimum Gasteiger partial charge on any atom is -0.381 e. The lowest BCUT2D eigenvalue weighted by Crippen LogP contribution is -2.16. The van der Waals surface area contributed by atoms with Crippen molar-refractivity contribution in [2.75, 3.05) is 11.1 Å². The standard InChI is InChI=1S/C12H8BrF2N3O/c13-6-1-2-8(14)9(5-6)18-12(19)7-3-4-17-11(16)10(7)15/h1-5H,(H2,16,17)(H,18,19). The first-order valence-corrected chi connectivity index (χ1v) is 5.94. The zero-order valence-electron chi connectivity index (χ0n) is 9.45. The van der Waals surface area contributed by atoms with Gasteiger partial charge in [-0.05, 0) is 24.3 Å². The molecule has 1 aromatic carbocycles. The lowest BCUT2D eigenvalue weighted by atomic mass is 10.2. The molecular formula is C12H8BrF2N3O. The average Bonchev–Trinajstić information content (AvgIpc) is 2.37. The lowest BCUT2D eigenvalue weighted by Gasteiger charge is -2.08. The van der Waals surface area contributed by atoms with Crippen molar-refractivity contribution in [2.24, 2.45) is 0 Å². The highest BCUT2D eigenvalue weighted by Crippen LogP contribution is 2.21. The zero-order valence-corrected chi connectivity index (χ0v) is 11.0. The van der Waals surface area contributed by atoms with Gasteiger partial charge in [-0.2, -0.15) is 0 Å². The molecule has 3 N–H and O–H groups in total. The van der Waals surface area contributed by atoms with E-state index in [1.54, 1.807) is 0 Å². The van der Waals surface area contributed by atoms with E-state index in [9.17, 15) is 13.6 Å². The Bertz CT molecular complexity index is 649. The van der Waals surface area contributed by atoms with E-state index in [4.69, 9.17) is 5.73 Å². The number of nitrogens with one attached hydrogen (secondary N) is 1. The van der Waals surface area contributed by atoms with Gasteiger partial charge in [0, 0.05) is 10.7 Å². The number of anilines is 2. The van der Waals surface area contributed by atoms with Gasteiger partial charge >= 0.3 is 0 Å². The number of hydrogen-bond acceptors (Lipinski definition) is 3. The van der Waals surface area contributed by atoms with E-state index in [1.165, 1.54) is 24.4 Å². The van der Waals surface area contributed by atoms with Crippen LogP contribution in [0.1, 0.15) is 10.4 Å². The van der Waals surface area contributed by atoms with Gasteiger partial charge in [0.25, 0.3) is 5.91 Å². The molecule has 7 heteroatoms. The number of benzene rings is 1. The molecular weight excluding hydrogens is 320 g/mol. The highest BCUT2D eigenvalue weighted by Gasteiger charge is 2.16. The Morgan fingerprint density at radius 1 is 1.32 bits per heavy atom. The Hall–Kier alpha value is -2.02. The Morgan fingerprint density at radius 3 is 2.79 bits per heavy atom. The number of nitrogens with zero attached hydrogens (tertiary/aromatic N) is 1. The molecule has 19 heavy (non-hydrogen) atoms. The van der Waals surface area contributed by atoms with E-state index in [0.717, 1.165) is 6.07 Å². The number of nitrogens with two attached hydrogens (primary N) is 1. The van der Waals surface area contributed by atoms with E-state index >= 15 is 0 Å². The molecule has 0 spiro atoms. The minimum absolute atomic E-state index is 0.0610. The van der Waals surface area contributed by atoms with Crippen LogP contribution in [0.3, 0.4) is 0 Å². The van der Waals surface area contributed by atoms with E-state index < -0.39 is 17.5 Å². The molecule has 2 aromatic rings. The fourth-order valence-electron chi connectivity index (χ4n) is 1.42. The molecule has 0 saturated carbocycles. The van der Waals surface area contributed by atoms with Gasteiger partial charge in [0.2, 0.25) is 0 Å². The molecule has 1 amide bonds. The molecule has 0 saturated heterocycles. The number of pyridine rings is 1. The molecule has 4 nitrogen and oxygen atoms in total. The lowest BCUT2D eigenvalue weighted by molar-refractivity contribution is 0.102. The van der Waals surface area contributed by atoms with E-state index in [1.807, 2.05) is 0 Å². The molecule has 0 aliphatic heterocycles. The number of amides is 1. The highest BCUT2D eigenvalue weighted by molar-refractivity contribution is 9.10. The van der Waals surface area contributed by atoms with Crippen LogP contribution < -0.4 is 11.1 Å². The van der Waals surface area contributed by atoms with Crippen molar-refractivity contribution in [1.29, 1.82) is 0 Å². The maximum Gasteiger partial charge on any atom is 0.258 e. The highest BCUT2D eigenvalue weighted by atomic mass is 79.9. The molecule has 0 unspecified atom stereocenters. The molecule has 0 aliphatic rings. The number of hydrogen-bond donors (Lipinski definition) is 2. The SMILES string of the molecule is Nc1nccc(C(=O)Nc2cc(Br)ccc2F)c1F. The first-order valence-electron chi connectivity index (χ1n) is 5.15. The van der Waals surface area contributed by atoms with Crippen LogP contribution in [0.2, 0.25) is 0 Å². The maximum absolute atomic E-state index is 13.6. The topological polar surface area (TPSA) is 68.0 Å². The third kappa shape index (κ3) is 2.87. The average molecular weight is 328 g/mol. The monoisotopic (exact) mass is 327 g/mol. The summed E-state index contributed by atoms with van der Waals surface area (Å²) in [6.45, 7) is 0. The van der Waals surface area contributed by atoms with Crippen molar-refractivity contribution in [3.05, 3.63) is 52.1 Å². The number of rotatable bonds is 2. The first kappa shape index (κ1) is 13.4. The van der Waals surface area contributed by atoms with E-state index in [2.05, 4.69) is 26.2 Å². The molecule has 0 bridgehead atoms. The fraction of sp³-hybridized carbons (Fsp3) is 0. The summed E-state index contributed by atoms with van der Waals surface area (Å²) in [5.41, 5.74) is 4.90. The van der Waals surface area contributed by atoms with Crippen LogP contribution >= 0.6 is 15.9 Å². The summed E-state index contributed by atoms with van der Waals surface area (Å²) in [5.74, 6) is -2.75. The van der Waals surface area contributed by atoms with Gasteiger partial charge in [-0.15, -0.1) is 0 Å². The molecule has 2 rings (SSSR count). The van der Waals surface area contributed by atoms with Gasteiger partial charge in [-0.25, -0.2) is 13.8 Å². The zero-order chi connectivity index (χ0) is 14.0. The number of halogens is 3. The van der Waals surface area contributed by atoms with Crippen molar-refractivity contribution in [1.82, 2.24) is 4.98 Å². The van der Waals surface area contributed by atoms with Crippen molar-refractivity contribution in [2.45, 2.75) is 0 Å². The number of nitrogen functional groups attached to an aromatic ring is 1.